The minimum atomic E-state index is -1.25. The van der Waals surface area contributed by atoms with Crippen molar-refractivity contribution >= 4 is 46.6 Å². The average Bonchev–Trinajstić information content (AvgIpc) is 2.37. The van der Waals surface area contributed by atoms with Gasteiger partial charge in [-0.25, -0.2) is 14.8 Å². The van der Waals surface area contributed by atoms with Gasteiger partial charge in [0.1, 0.15) is 15.9 Å². The Balaban J connectivity index is 2.14. The molecule has 0 aliphatic rings. The molecule has 20 heavy (non-hydrogen) atoms. The van der Waals surface area contributed by atoms with Gasteiger partial charge in [0.2, 0.25) is 0 Å². The molecule has 1 aromatic carbocycles. The largest absolute Gasteiger partial charge is 0.477 e. The van der Waals surface area contributed by atoms with E-state index in [0.717, 1.165) is 5.56 Å². The predicted octanol–water partition coefficient (Wildman–Crippen LogP) is 3.36. The highest BCUT2D eigenvalue weighted by Gasteiger charge is 2.18. The van der Waals surface area contributed by atoms with Crippen molar-refractivity contribution in [2.75, 3.05) is 5.73 Å². The number of nitrogens with two attached hydrogens (primary N) is 1. The zero-order valence-electron chi connectivity index (χ0n) is 10.0. The number of carboxylic acid groups (broad SMARTS) is 1. The van der Waals surface area contributed by atoms with Gasteiger partial charge in [0.25, 0.3) is 0 Å². The normalized spacial score (nSPS) is 10.5. The zero-order valence-corrected chi connectivity index (χ0v) is 12.3. The second-order valence-electron chi connectivity index (χ2n) is 3.80. The van der Waals surface area contributed by atoms with Gasteiger partial charge in [0.15, 0.2) is 5.16 Å². The van der Waals surface area contributed by atoms with E-state index in [9.17, 15) is 4.79 Å². The van der Waals surface area contributed by atoms with Crippen LogP contribution >= 0.6 is 35.0 Å². The fourth-order valence-electron chi connectivity index (χ4n) is 1.39. The Kier molecular flexibility index (Phi) is 4.69. The van der Waals surface area contributed by atoms with E-state index >= 15 is 0 Å². The minimum absolute atomic E-state index is 0.169. The molecule has 0 amide bonds. The lowest BCUT2D eigenvalue weighted by Gasteiger charge is -2.05. The van der Waals surface area contributed by atoms with Crippen molar-refractivity contribution in [2.45, 2.75) is 10.9 Å². The Morgan fingerprint density at radius 2 is 1.75 bits per heavy atom. The molecule has 0 saturated heterocycles. The highest BCUT2D eigenvalue weighted by atomic mass is 35.5. The lowest BCUT2D eigenvalue weighted by Crippen LogP contribution is -2.03. The molecule has 3 N–H and O–H groups in total. The number of nitrogen functional groups attached to an aromatic ring is 1. The molecule has 0 radical (unpaired) electrons. The van der Waals surface area contributed by atoms with Crippen LogP contribution in [-0.2, 0) is 5.75 Å². The molecule has 0 bridgehead atoms. The first-order valence-corrected chi connectivity index (χ1v) is 7.15. The number of hydrogen-bond donors (Lipinski definition) is 2. The summed E-state index contributed by atoms with van der Waals surface area (Å²) in [6, 6.07) is 7.36. The zero-order chi connectivity index (χ0) is 14.7. The Morgan fingerprint density at radius 1 is 1.20 bits per heavy atom. The third kappa shape index (κ3) is 3.53. The summed E-state index contributed by atoms with van der Waals surface area (Å²) < 4.78 is 0. The van der Waals surface area contributed by atoms with Crippen molar-refractivity contribution in [1.29, 1.82) is 0 Å². The Bertz CT molecular complexity index is 627. The highest BCUT2D eigenvalue weighted by molar-refractivity contribution is 7.98. The summed E-state index contributed by atoms with van der Waals surface area (Å²) in [4.78, 5) is 18.7. The first-order chi connectivity index (χ1) is 9.47. The van der Waals surface area contributed by atoms with Gasteiger partial charge < -0.3 is 10.8 Å². The third-order valence-corrected chi connectivity index (χ3v) is 3.83. The second kappa shape index (κ2) is 6.30. The standard InChI is InChI=1S/C12H9Cl2N3O2S/c13-9-8(11(18)19)10(14)17-12(16-9)20-5-6-1-3-7(15)4-2-6/h1-4H,5,15H2,(H,18,19). The van der Waals surface area contributed by atoms with Crippen molar-refractivity contribution in [3.8, 4) is 0 Å². The molecular weight excluding hydrogens is 321 g/mol. The van der Waals surface area contributed by atoms with Gasteiger partial charge in [-0.1, -0.05) is 47.1 Å². The lowest BCUT2D eigenvalue weighted by molar-refractivity contribution is 0.0696. The minimum Gasteiger partial charge on any atom is -0.477 e. The maximum Gasteiger partial charge on any atom is 0.342 e. The second-order valence-corrected chi connectivity index (χ2v) is 5.46. The monoisotopic (exact) mass is 329 g/mol. The Morgan fingerprint density at radius 3 is 2.25 bits per heavy atom. The van der Waals surface area contributed by atoms with Gasteiger partial charge in [-0.05, 0) is 17.7 Å². The first-order valence-electron chi connectivity index (χ1n) is 5.41. The number of hydrogen-bond acceptors (Lipinski definition) is 5. The molecule has 0 aliphatic carbocycles. The van der Waals surface area contributed by atoms with E-state index in [4.69, 9.17) is 34.0 Å². The maximum atomic E-state index is 10.9. The van der Waals surface area contributed by atoms with E-state index in [1.807, 2.05) is 12.1 Å². The van der Waals surface area contributed by atoms with Crippen LogP contribution in [0.15, 0.2) is 29.4 Å². The van der Waals surface area contributed by atoms with Gasteiger partial charge in [0, 0.05) is 11.4 Å². The molecule has 2 rings (SSSR count). The SMILES string of the molecule is Nc1ccc(CSc2nc(Cl)c(C(=O)O)c(Cl)n2)cc1. The molecule has 0 spiro atoms. The van der Waals surface area contributed by atoms with Crippen LogP contribution in [0, 0.1) is 0 Å². The number of carboxylic acids is 1. The molecule has 2 aromatic rings. The van der Waals surface area contributed by atoms with E-state index in [0.29, 0.717) is 16.6 Å². The highest BCUT2D eigenvalue weighted by Crippen LogP contribution is 2.27. The number of carbonyl (C=O) groups is 1. The Labute approximate surface area is 129 Å². The number of benzene rings is 1. The predicted molar refractivity (Wildman–Crippen MR) is 79.4 cm³/mol. The summed E-state index contributed by atoms with van der Waals surface area (Å²) in [7, 11) is 0. The molecule has 0 saturated carbocycles. The third-order valence-electron chi connectivity index (χ3n) is 2.36. The molecule has 0 atom stereocenters. The number of nitrogens with zero attached hydrogens (tertiary/aromatic N) is 2. The summed E-state index contributed by atoms with van der Waals surface area (Å²) in [5.41, 5.74) is 7.03. The first kappa shape index (κ1) is 14.9. The fourth-order valence-corrected chi connectivity index (χ4v) is 2.84. The summed E-state index contributed by atoms with van der Waals surface area (Å²) in [6.45, 7) is 0. The van der Waals surface area contributed by atoms with Crippen molar-refractivity contribution < 1.29 is 9.90 Å². The number of aromatic carboxylic acids is 1. The van der Waals surface area contributed by atoms with E-state index < -0.39 is 5.97 Å². The molecule has 8 heteroatoms. The molecule has 1 aromatic heterocycles. The van der Waals surface area contributed by atoms with Crippen LogP contribution in [0.1, 0.15) is 15.9 Å². The number of rotatable bonds is 4. The molecule has 5 nitrogen and oxygen atoms in total. The van der Waals surface area contributed by atoms with Crippen LogP contribution in [-0.4, -0.2) is 21.0 Å². The van der Waals surface area contributed by atoms with Gasteiger partial charge in [-0.2, -0.15) is 0 Å². The van der Waals surface area contributed by atoms with Crippen LogP contribution in [0.25, 0.3) is 0 Å². The molecule has 0 fully saturated rings. The van der Waals surface area contributed by atoms with Crippen LogP contribution in [0.5, 0.6) is 0 Å². The van der Waals surface area contributed by atoms with Gasteiger partial charge in [-0.15, -0.1) is 0 Å². The summed E-state index contributed by atoms with van der Waals surface area (Å²) >= 11 is 12.9. The number of aromatic nitrogens is 2. The van der Waals surface area contributed by atoms with E-state index in [1.54, 1.807) is 12.1 Å². The molecule has 0 unspecified atom stereocenters. The number of halogens is 2. The molecule has 1 heterocycles. The molecule has 104 valence electrons. The average molecular weight is 330 g/mol. The van der Waals surface area contributed by atoms with Crippen molar-refractivity contribution in [1.82, 2.24) is 9.97 Å². The quantitative estimate of drug-likeness (QED) is 0.387. The van der Waals surface area contributed by atoms with Crippen LogP contribution in [0.4, 0.5) is 5.69 Å². The number of thioether (sulfide) groups is 1. The van der Waals surface area contributed by atoms with Gasteiger partial charge in [0.05, 0.1) is 0 Å². The topological polar surface area (TPSA) is 89.1 Å². The molecular formula is C12H9Cl2N3O2S. The summed E-state index contributed by atoms with van der Waals surface area (Å²) in [5.74, 6) is -0.658. The number of anilines is 1. The molecule has 0 aliphatic heterocycles. The van der Waals surface area contributed by atoms with Gasteiger partial charge >= 0.3 is 5.97 Å². The van der Waals surface area contributed by atoms with Crippen LogP contribution in [0.2, 0.25) is 10.3 Å². The maximum absolute atomic E-state index is 10.9. The van der Waals surface area contributed by atoms with E-state index in [-0.39, 0.29) is 15.9 Å². The fraction of sp³-hybridized carbons (Fsp3) is 0.0833. The Hall–Kier alpha value is -1.50. The van der Waals surface area contributed by atoms with Crippen molar-refractivity contribution in [2.24, 2.45) is 0 Å². The van der Waals surface area contributed by atoms with E-state index in [2.05, 4.69) is 9.97 Å². The smallest absolute Gasteiger partial charge is 0.342 e. The lowest BCUT2D eigenvalue weighted by atomic mass is 10.2. The van der Waals surface area contributed by atoms with Crippen molar-refractivity contribution in [3.63, 3.8) is 0 Å². The van der Waals surface area contributed by atoms with Crippen LogP contribution < -0.4 is 5.73 Å². The van der Waals surface area contributed by atoms with Crippen LogP contribution in [0.3, 0.4) is 0 Å². The summed E-state index contributed by atoms with van der Waals surface area (Å²) in [6.07, 6.45) is 0. The summed E-state index contributed by atoms with van der Waals surface area (Å²) in [5, 5.41) is 8.89. The van der Waals surface area contributed by atoms with Gasteiger partial charge in [-0.3, -0.25) is 0 Å². The van der Waals surface area contributed by atoms with E-state index in [1.165, 1.54) is 11.8 Å². The van der Waals surface area contributed by atoms with Crippen molar-refractivity contribution in [3.05, 3.63) is 45.7 Å².